The lowest BCUT2D eigenvalue weighted by atomic mass is 10.0. The first kappa shape index (κ1) is 8.63. The second-order valence-corrected chi connectivity index (χ2v) is 3.14. The summed E-state index contributed by atoms with van der Waals surface area (Å²) in [7, 11) is 0. The number of para-hydroxylation sites is 1. The molecule has 2 nitrogen and oxygen atoms in total. The molecule has 0 heterocycles. The largest absolute Gasteiger partial charge is 0.507 e. The standard InChI is InChI=1S/C12H11NO/c13-10-5-3-4-9(8-10)11-6-1-2-7-12(11)14/h1-8,14H,13H2. The molecular formula is C12H11NO. The number of phenolic OH excluding ortho intramolecular Hbond substituents is 1. The SMILES string of the molecule is Nc1cccc(-c2ccccc2O)c1. The maximum atomic E-state index is 9.61. The maximum absolute atomic E-state index is 9.61. The summed E-state index contributed by atoms with van der Waals surface area (Å²) in [6, 6.07) is 14.7. The van der Waals surface area contributed by atoms with Gasteiger partial charge in [-0.1, -0.05) is 30.3 Å². The normalized spacial score (nSPS) is 10.0. The van der Waals surface area contributed by atoms with Crippen molar-refractivity contribution >= 4 is 5.69 Å². The number of rotatable bonds is 1. The van der Waals surface area contributed by atoms with E-state index in [1.54, 1.807) is 12.1 Å². The first-order chi connectivity index (χ1) is 6.77. The minimum atomic E-state index is 0.276. The summed E-state index contributed by atoms with van der Waals surface area (Å²) in [4.78, 5) is 0. The van der Waals surface area contributed by atoms with Crippen molar-refractivity contribution in [3.8, 4) is 16.9 Å². The molecule has 14 heavy (non-hydrogen) atoms. The van der Waals surface area contributed by atoms with Crippen molar-refractivity contribution in [3.05, 3.63) is 48.5 Å². The fraction of sp³-hybridized carbons (Fsp3) is 0. The van der Waals surface area contributed by atoms with Crippen LogP contribution in [-0.2, 0) is 0 Å². The van der Waals surface area contributed by atoms with Crippen molar-refractivity contribution in [2.24, 2.45) is 0 Å². The molecule has 0 saturated heterocycles. The number of hydrogen-bond donors (Lipinski definition) is 2. The molecule has 0 saturated carbocycles. The van der Waals surface area contributed by atoms with Crippen molar-refractivity contribution < 1.29 is 5.11 Å². The molecule has 0 spiro atoms. The summed E-state index contributed by atoms with van der Waals surface area (Å²) in [5.74, 6) is 0.276. The first-order valence-corrected chi connectivity index (χ1v) is 4.41. The lowest BCUT2D eigenvalue weighted by Gasteiger charge is -2.04. The second kappa shape index (κ2) is 3.42. The molecule has 2 aromatic rings. The summed E-state index contributed by atoms with van der Waals surface area (Å²) in [6.07, 6.45) is 0. The van der Waals surface area contributed by atoms with E-state index in [1.807, 2.05) is 36.4 Å². The minimum Gasteiger partial charge on any atom is -0.507 e. The van der Waals surface area contributed by atoms with Crippen LogP contribution >= 0.6 is 0 Å². The zero-order chi connectivity index (χ0) is 9.97. The van der Waals surface area contributed by atoms with Crippen LogP contribution in [0.15, 0.2) is 48.5 Å². The van der Waals surface area contributed by atoms with Gasteiger partial charge in [0.05, 0.1) is 0 Å². The van der Waals surface area contributed by atoms with E-state index in [4.69, 9.17) is 5.73 Å². The van der Waals surface area contributed by atoms with Gasteiger partial charge < -0.3 is 10.8 Å². The molecular weight excluding hydrogens is 174 g/mol. The van der Waals surface area contributed by atoms with Crippen LogP contribution in [0.25, 0.3) is 11.1 Å². The summed E-state index contributed by atoms with van der Waals surface area (Å²) < 4.78 is 0. The zero-order valence-electron chi connectivity index (χ0n) is 7.64. The maximum Gasteiger partial charge on any atom is 0.123 e. The van der Waals surface area contributed by atoms with Crippen LogP contribution in [0.4, 0.5) is 5.69 Å². The molecule has 0 aliphatic carbocycles. The third-order valence-corrected chi connectivity index (χ3v) is 2.10. The Morgan fingerprint density at radius 1 is 0.929 bits per heavy atom. The van der Waals surface area contributed by atoms with Gasteiger partial charge in [0.2, 0.25) is 0 Å². The lowest BCUT2D eigenvalue weighted by Crippen LogP contribution is -1.85. The topological polar surface area (TPSA) is 46.2 Å². The Hall–Kier alpha value is -1.96. The van der Waals surface area contributed by atoms with E-state index >= 15 is 0 Å². The highest BCUT2D eigenvalue weighted by atomic mass is 16.3. The molecule has 0 fully saturated rings. The van der Waals surface area contributed by atoms with Gasteiger partial charge in [-0.05, 0) is 23.8 Å². The van der Waals surface area contributed by atoms with Crippen LogP contribution in [0.2, 0.25) is 0 Å². The van der Waals surface area contributed by atoms with E-state index in [2.05, 4.69) is 0 Å². The highest BCUT2D eigenvalue weighted by Crippen LogP contribution is 2.29. The van der Waals surface area contributed by atoms with Gasteiger partial charge >= 0.3 is 0 Å². The van der Waals surface area contributed by atoms with Crippen LogP contribution in [-0.4, -0.2) is 5.11 Å². The summed E-state index contributed by atoms with van der Waals surface area (Å²) in [5, 5.41) is 9.61. The molecule has 2 heteroatoms. The molecule has 0 radical (unpaired) electrons. The van der Waals surface area contributed by atoms with Crippen LogP contribution < -0.4 is 5.73 Å². The third kappa shape index (κ3) is 1.55. The molecule has 0 atom stereocenters. The van der Waals surface area contributed by atoms with Crippen LogP contribution in [0, 0.1) is 0 Å². The van der Waals surface area contributed by atoms with Crippen molar-refractivity contribution in [1.29, 1.82) is 0 Å². The van der Waals surface area contributed by atoms with E-state index in [9.17, 15) is 5.11 Å². The Morgan fingerprint density at radius 3 is 2.43 bits per heavy atom. The predicted molar refractivity (Wildman–Crippen MR) is 58.0 cm³/mol. The van der Waals surface area contributed by atoms with E-state index in [-0.39, 0.29) is 5.75 Å². The summed E-state index contributed by atoms with van der Waals surface area (Å²) in [5.41, 5.74) is 8.10. The Bertz CT molecular complexity index is 452. The third-order valence-electron chi connectivity index (χ3n) is 2.10. The van der Waals surface area contributed by atoms with Crippen LogP contribution in [0.1, 0.15) is 0 Å². The number of nitrogen functional groups attached to an aromatic ring is 1. The first-order valence-electron chi connectivity index (χ1n) is 4.41. The molecule has 0 amide bonds. The second-order valence-electron chi connectivity index (χ2n) is 3.14. The number of nitrogens with two attached hydrogens (primary N) is 1. The smallest absolute Gasteiger partial charge is 0.123 e. The molecule has 0 aromatic heterocycles. The number of hydrogen-bond acceptors (Lipinski definition) is 2. The van der Waals surface area contributed by atoms with Gasteiger partial charge in [-0.2, -0.15) is 0 Å². The van der Waals surface area contributed by atoms with Crippen molar-refractivity contribution in [2.45, 2.75) is 0 Å². The molecule has 2 aromatic carbocycles. The van der Waals surface area contributed by atoms with Crippen molar-refractivity contribution in [1.82, 2.24) is 0 Å². The van der Waals surface area contributed by atoms with E-state index in [0.29, 0.717) is 5.69 Å². The Balaban J connectivity index is 2.55. The molecule has 0 bridgehead atoms. The Kier molecular flexibility index (Phi) is 2.11. The summed E-state index contributed by atoms with van der Waals surface area (Å²) in [6.45, 7) is 0. The quantitative estimate of drug-likeness (QED) is 0.671. The Morgan fingerprint density at radius 2 is 1.71 bits per heavy atom. The average molecular weight is 185 g/mol. The highest BCUT2D eigenvalue weighted by molar-refractivity contribution is 5.72. The van der Waals surface area contributed by atoms with E-state index in [0.717, 1.165) is 11.1 Å². The predicted octanol–water partition coefficient (Wildman–Crippen LogP) is 2.64. The number of benzene rings is 2. The molecule has 0 aliphatic heterocycles. The van der Waals surface area contributed by atoms with Crippen molar-refractivity contribution in [3.63, 3.8) is 0 Å². The molecule has 3 N–H and O–H groups in total. The minimum absolute atomic E-state index is 0.276. The zero-order valence-corrected chi connectivity index (χ0v) is 7.64. The van der Waals surface area contributed by atoms with E-state index < -0.39 is 0 Å². The van der Waals surface area contributed by atoms with Gasteiger partial charge in [-0.25, -0.2) is 0 Å². The molecule has 70 valence electrons. The monoisotopic (exact) mass is 185 g/mol. The van der Waals surface area contributed by atoms with Crippen LogP contribution in [0.3, 0.4) is 0 Å². The fourth-order valence-electron chi connectivity index (χ4n) is 1.42. The van der Waals surface area contributed by atoms with Crippen LogP contribution in [0.5, 0.6) is 5.75 Å². The van der Waals surface area contributed by atoms with Gasteiger partial charge in [0.25, 0.3) is 0 Å². The van der Waals surface area contributed by atoms with Gasteiger partial charge in [0, 0.05) is 11.3 Å². The number of aromatic hydroxyl groups is 1. The Labute approximate surface area is 82.6 Å². The van der Waals surface area contributed by atoms with Gasteiger partial charge in [0.1, 0.15) is 5.75 Å². The fourth-order valence-corrected chi connectivity index (χ4v) is 1.42. The number of anilines is 1. The van der Waals surface area contributed by atoms with Gasteiger partial charge in [0.15, 0.2) is 0 Å². The molecule has 0 unspecified atom stereocenters. The highest BCUT2D eigenvalue weighted by Gasteiger charge is 2.02. The number of phenols is 1. The summed E-state index contributed by atoms with van der Waals surface area (Å²) >= 11 is 0. The van der Waals surface area contributed by atoms with Gasteiger partial charge in [-0.15, -0.1) is 0 Å². The molecule has 2 rings (SSSR count). The van der Waals surface area contributed by atoms with Gasteiger partial charge in [-0.3, -0.25) is 0 Å². The average Bonchev–Trinajstić information content (AvgIpc) is 2.18. The van der Waals surface area contributed by atoms with E-state index in [1.165, 1.54) is 0 Å². The lowest BCUT2D eigenvalue weighted by molar-refractivity contribution is 0.477. The van der Waals surface area contributed by atoms with Crippen molar-refractivity contribution in [2.75, 3.05) is 5.73 Å². The molecule has 0 aliphatic rings.